The summed E-state index contributed by atoms with van der Waals surface area (Å²) in [4.78, 5) is 0. The molecule has 104 valence electrons. The second-order valence-electron chi connectivity index (χ2n) is 4.99. The van der Waals surface area contributed by atoms with Crippen LogP contribution in [0.15, 0.2) is 21.6 Å². The normalized spacial score (nSPS) is 12.9. The van der Waals surface area contributed by atoms with Crippen molar-refractivity contribution in [2.24, 2.45) is 0 Å². The van der Waals surface area contributed by atoms with Crippen molar-refractivity contribution >= 4 is 10.0 Å². The van der Waals surface area contributed by atoms with Crippen molar-refractivity contribution in [2.45, 2.75) is 50.8 Å². The van der Waals surface area contributed by atoms with Gasteiger partial charge in [0.15, 0.2) is 0 Å². The summed E-state index contributed by atoms with van der Waals surface area (Å²) in [5.41, 5.74) is -0.469. The highest BCUT2D eigenvalue weighted by atomic mass is 32.2. The number of sulfonamides is 1. The van der Waals surface area contributed by atoms with Crippen molar-refractivity contribution in [2.75, 3.05) is 7.05 Å². The van der Waals surface area contributed by atoms with Gasteiger partial charge >= 0.3 is 0 Å². The molecule has 0 fully saturated rings. The minimum Gasteiger partial charge on any atom is -0.447 e. The molecule has 0 unspecified atom stereocenters. The van der Waals surface area contributed by atoms with Crippen molar-refractivity contribution in [1.82, 2.24) is 10.0 Å². The van der Waals surface area contributed by atoms with E-state index >= 15 is 0 Å². The molecule has 1 aromatic rings. The zero-order valence-corrected chi connectivity index (χ0v) is 12.2. The lowest BCUT2D eigenvalue weighted by molar-refractivity contribution is 0.382. The number of furan rings is 1. The molecule has 1 rings (SSSR count). The van der Waals surface area contributed by atoms with E-state index < -0.39 is 15.6 Å². The summed E-state index contributed by atoms with van der Waals surface area (Å²) in [5, 5.41) is 2.88. The van der Waals surface area contributed by atoms with Gasteiger partial charge in [-0.3, -0.25) is 0 Å². The molecule has 0 aromatic carbocycles. The maximum atomic E-state index is 12.1. The van der Waals surface area contributed by atoms with E-state index in [0.29, 0.717) is 12.3 Å². The van der Waals surface area contributed by atoms with E-state index in [4.69, 9.17) is 4.42 Å². The van der Waals surface area contributed by atoms with Crippen molar-refractivity contribution in [3.05, 3.63) is 17.9 Å². The molecule has 5 nitrogen and oxygen atoms in total. The first kappa shape index (κ1) is 15.2. The molecule has 0 saturated carbocycles. The first-order valence-electron chi connectivity index (χ1n) is 6.08. The Morgan fingerprint density at radius 1 is 1.33 bits per heavy atom. The molecular weight excluding hydrogens is 252 g/mol. The zero-order valence-electron chi connectivity index (χ0n) is 11.4. The highest BCUT2D eigenvalue weighted by Crippen LogP contribution is 2.19. The van der Waals surface area contributed by atoms with Crippen LogP contribution in [0.3, 0.4) is 0 Å². The fraction of sp³-hybridized carbons (Fsp3) is 0.667. The fourth-order valence-corrected chi connectivity index (χ4v) is 3.26. The third-order valence-corrected chi connectivity index (χ3v) is 4.11. The Hall–Kier alpha value is -0.850. The molecule has 0 radical (unpaired) electrons. The maximum Gasteiger partial charge on any atom is 0.274 e. The summed E-state index contributed by atoms with van der Waals surface area (Å²) in [6.07, 6.45) is 1.69. The smallest absolute Gasteiger partial charge is 0.274 e. The Kier molecular flexibility index (Phi) is 4.95. The van der Waals surface area contributed by atoms with E-state index in [-0.39, 0.29) is 5.09 Å². The minimum atomic E-state index is -3.58. The van der Waals surface area contributed by atoms with Crippen LogP contribution in [0.5, 0.6) is 0 Å². The highest BCUT2D eigenvalue weighted by molar-refractivity contribution is 7.89. The van der Waals surface area contributed by atoms with Crippen molar-refractivity contribution in [3.63, 3.8) is 0 Å². The topological polar surface area (TPSA) is 71.3 Å². The van der Waals surface area contributed by atoms with Crippen molar-refractivity contribution in [1.29, 1.82) is 0 Å². The highest BCUT2D eigenvalue weighted by Gasteiger charge is 2.27. The van der Waals surface area contributed by atoms with Gasteiger partial charge in [-0.15, -0.1) is 0 Å². The van der Waals surface area contributed by atoms with Gasteiger partial charge in [-0.25, -0.2) is 13.1 Å². The van der Waals surface area contributed by atoms with Crippen LogP contribution in [-0.4, -0.2) is 21.0 Å². The van der Waals surface area contributed by atoms with E-state index in [1.165, 1.54) is 6.07 Å². The number of nitrogens with one attached hydrogen (secondary N) is 2. The van der Waals surface area contributed by atoms with E-state index in [1.807, 2.05) is 20.8 Å². The van der Waals surface area contributed by atoms with E-state index in [0.717, 1.165) is 12.8 Å². The van der Waals surface area contributed by atoms with Gasteiger partial charge in [0.05, 0.1) is 6.54 Å². The van der Waals surface area contributed by atoms with Gasteiger partial charge in [0, 0.05) is 5.54 Å². The molecule has 0 bridgehead atoms. The summed E-state index contributed by atoms with van der Waals surface area (Å²) in [6, 6.07) is 3.15. The van der Waals surface area contributed by atoms with Crippen molar-refractivity contribution < 1.29 is 12.8 Å². The molecular formula is C12H22N2O3S. The van der Waals surface area contributed by atoms with Gasteiger partial charge < -0.3 is 9.73 Å². The van der Waals surface area contributed by atoms with Crippen LogP contribution in [0.1, 0.15) is 39.4 Å². The number of rotatable bonds is 7. The second-order valence-corrected chi connectivity index (χ2v) is 6.60. The summed E-state index contributed by atoms with van der Waals surface area (Å²) >= 11 is 0. The fourth-order valence-electron chi connectivity index (χ4n) is 1.86. The summed E-state index contributed by atoms with van der Waals surface area (Å²) < 4.78 is 32.2. The van der Waals surface area contributed by atoms with Crippen LogP contribution >= 0.6 is 0 Å². The molecule has 0 aliphatic carbocycles. The lowest BCUT2D eigenvalue weighted by Gasteiger charge is -2.24. The molecule has 18 heavy (non-hydrogen) atoms. The third-order valence-electron chi connectivity index (χ3n) is 2.54. The number of hydrogen-bond donors (Lipinski definition) is 2. The average Bonchev–Trinajstić information content (AvgIpc) is 2.65. The maximum absolute atomic E-state index is 12.1. The molecule has 1 aromatic heterocycles. The standard InChI is InChI=1S/C12H22N2O3S/c1-5-8-12(2,3)14-18(15,16)11-7-6-10(17-11)9-13-4/h6-7,13-14H,5,8-9H2,1-4H3. The second kappa shape index (κ2) is 5.86. The van der Waals surface area contributed by atoms with E-state index in [1.54, 1.807) is 13.1 Å². The van der Waals surface area contributed by atoms with Crippen LogP contribution in [-0.2, 0) is 16.6 Å². The third kappa shape index (κ3) is 4.12. The lowest BCUT2D eigenvalue weighted by atomic mass is 10.0. The molecule has 0 aliphatic heterocycles. The molecule has 0 atom stereocenters. The van der Waals surface area contributed by atoms with Gasteiger partial charge in [-0.05, 0) is 39.4 Å². The van der Waals surface area contributed by atoms with Gasteiger partial charge in [-0.1, -0.05) is 13.3 Å². The van der Waals surface area contributed by atoms with E-state index in [9.17, 15) is 8.42 Å². The van der Waals surface area contributed by atoms with Gasteiger partial charge in [-0.2, -0.15) is 0 Å². The predicted octanol–water partition coefficient (Wildman–Crippen LogP) is 1.86. The summed E-state index contributed by atoms with van der Waals surface area (Å²) in [6.45, 7) is 6.26. The monoisotopic (exact) mass is 274 g/mol. The Bertz CT molecular complexity index is 477. The minimum absolute atomic E-state index is 0.0306. The SMILES string of the molecule is CCCC(C)(C)NS(=O)(=O)c1ccc(CNC)o1. The Morgan fingerprint density at radius 2 is 2.00 bits per heavy atom. The van der Waals surface area contributed by atoms with Crippen molar-refractivity contribution in [3.8, 4) is 0 Å². The zero-order chi connectivity index (χ0) is 13.8. The Balaban J connectivity index is 2.85. The van der Waals surface area contributed by atoms with Crippen LogP contribution in [0.25, 0.3) is 0 Å². The number of hydrogen-bond acceptors (Lipinski definition) is 4. The van der Waals surface area contributed by atoms with Crippen LogP contribution in [0, 0.1) is 0 Å². The Morgan fingerprint density at radius 3 is 2.56 bits per heavy atom. The molecule has 1 heterocycles. The largest absolute Gasteiger partial charge is 0.447 e. The predicted molar refractivity (Wildman–Crippen MR) is 70.8 cm³/mol. The molecule has 6 heteroatoms. The molecule has 2 N–H and O–H groups in total. The lowest BCUT2D eigenvalue weighted by Crippen LogP contribution is -2.42. The first-order valence-corrected chi connectivity index (χ1v) is 7.56. The van der Waals surface area contributed by atoms with Gasteiger partial charge in [0.1, 0.15) is 5.76 Å². The summed E-state index contributed by atoms with van der Waals surface area (Å²) in [5.74, 6) is 0.603. The molecule has 0 amide bonds. The Labute approximate surface area is 109 Å². The van der Waals surface area contributed by atoms with Crippen LogP contribution in [0.2, 0.25) is 0 Å². The van der Waals surface area contributed by atoms with E-state index in [2.05, 4.69) is 10.0 Å². The summed E-state index contributed by atoms with van der Waals surface area (Å²) in [7, 11) is -1.80. The van der Waals surface area contributed by atoms with Crippen LogP contribution in [0.4, 0.5) is 0 Å². The molecule has 0 spiro atoms. The van der Waals surface area contributed by atoms with Gasteiger partial charge in [0.2, 0.25) is 5.09 Å². The first-order chi connectivity index (χ1) is 8.30. The van der Waals surface area contributed by atoms with Crippen LogP contribution < -0.4 is 10.0 Å². The quantitative estimate of drug-likeness (QED) is 0.796. The van der Waals surface area contributed by atoms with Gasteiger partial charge in [0.25, 0.3) is 10.0 Å². The molecule has 0 saturated heterocycles. The average molecular weight is 274 g/mol. The molecule has 0 aliphatic rings.